The molecule has 0 aliphatic heterocycles. The minimum absolute atomic E-state index is 0.0727. The first-order valence-electron chi connectivity index (χ1n) is 10.2. The van der Waals surface area contributed by atoms with Gasteiger partial charge < -0.3 is 19.9 Å². The van der Waals surface area contributed by atoms with Gasteiger partial charge in [0, 0.05) is 12.1 Å². The lowest BCUT2D eigenvalue weighted by atomic mass is 9.85. The third kappa shape index (κ3) is 5.32. The monoisotopic (exact) mass is 389 g/mol. The third-order valence-corrected chi connectivity index (χ3v) is 5.48. The molecule has 1 aromatic rings. The highest BCUT2D eigenvalue weighted by Crippen LogP contribution is 2.36. The molecule has 2 N–H and O–H groups in total. The zero-order valence-electron chi connectivity index (χ0n) is 17.0. The van der Waals surface area contributed by atoms with E-state index in [0.29, 0.717) is 12.1 Å². The van der Waals surface area contributed by atoms with E-state index in [1.54, 1.807) is 18.2 Å². The minimum atomic E-state index is -0.767. The fourth-order valence-corrected chi connectivity index (χ4v) is 3.09. The van der Waals surface area contributed by atoms with Gasteiger partial charge in [-0.25, -0.2) is 0 Å². The van der Waals surface area contributed by atoms with Crippen molar-refractivity contribution in [3.05, 3.63) is 23.8 Å². The van der Waals surface area contributed by atoms with Crippen LogP contribution < -0.4 is 14.8 Å². The topological polar surface area (TPSA) is 84.9 Å². The van der Waals surface area contributed by atoms with Crippen LogP contribution in [0.15, 0.2) is 18.2 Å². The summed E-state index contributed by atoms with van der Waals surface area (Å²) in [5.41, 5.74) is 0.482. The van der Waals surface area contributed by atoms with Gasteiger partial charge in [0.15, 0.2) is 11.5 Å². The van der Waals surface area contributed by atoms with Crippen molar-refractivity contribution in [1.82, 2.24) is 5.32 Å². The predicted octanol–water partition coefficient (Wildman–Crippen LogP) is 3.52. The maximum atomic E-state index is 12.3. The molecule has 1 unspecified atom stereocenters. The largest absolute Gasteiger partial charge is 0.422 e. The quantitative estimate of drug-likeness (QED) is 0.548. The second kappa shape index (κ2) is 8.62. The first-order valence-corrected chi connectivity index (χ1v) is 10.2. The van der Waals surface area contributed by atoms with E-state index in [1.165, 1.54) is 0 Å². The van der Waals surface area contributed by atoms with Crippen LogP contribution in [0.5, 0.6) is 11.5 Å². The lowest BCUT2D eigenvalue weighted by Crippen LogP contribution is -2.38. The van der Waals surface area contributed by atoms with Crippen LogP contribution in [0, 0.1) is 11.8 Å². The molecule has 2 saturated carbocycles. The van der Waals surface area contributed by atoms with Gasteiger partial charge in [0.05, 0.1) is 17.9 Å². The molecule has 0 aromatic heterocycles. The van der Waals surface area contributed by atoms with Crippen LogP contribution in [-0.2, 0) is 9.59 Å². The highest BCUT2D eigenvalue weighted by atomic mass is 16.6. The van der Waals surface area contributed by atoms with Crippen molar-refractivity contribution in [3.8, 4) is 11.5 Å². The summed E-state index contributed by atoms with van der Waals surface area (Å²) >= 11 is 0. The number of β-amino-alcohol motifs (C(OH)–C–C–N with tert-alkyl or cyclic N) is 1. The molecular formula is C22H31NO5. The van der Waals surface area contributed by atoms with E-state index < -0.39 is 6.10 Å². The predicted molar refractivity (Wildman–Crippen MR) is 105 cm³/mol. The standard InChI is InChI=1S/C22H31NO5/c1-22(2,3)23-13-17(24)16-10-11-18(27-20(25)14-6-4-7-14)19(12-16)28-21(26)15-8-5-9-15/h10-12,14-15,17,23-24H,4-9,13H2,1-3H3. The SMILES string of the molecule is CC(C)(C)NCC(O)c1ccc(OC(=O)C2CCC2)c(OC(=O)C2CCC2)c1. The number of nitrogens with one attached hydrogen (secondary N) is 1. The molecule has 28 heavy (non-hydrogen) atoms. The number of aliphatic hydroxyl groups is 1. The Hall–Kier alpha value is -1.92. The van der Waals surface area contributed by atoms with E-state index in [0.717, 1.165) is 38.5 Å². The third-order valence-electron chi connectivity index (χ3n) is 5.48. The van der Waals surface area contributed by atoms with Crippen molar-refractivity contribution in [2.24, 2.45) is 11.8 Å². The summed E-state index contributed by atoms with van der Waals surface area (Å²) in [4.78, 5) is 24.6. The molecule has 3 rings (SSSR count). The van der Waals surface area contributed by atoms with E-state index in [2.05, 4.69) is 5.32 Å². The van der Waals surface area contributed by atoms with Crippen molar-refractivity contribution in [2.45, 2.75) is 70.9 Å². The van der Waals surface area contributed by atoms with Gasteiger partial charge in [-0.1, -0.05) is 18.9 Å². The number of carbonyl (C=O) groups is 2. The van der Waals surface area contributed by atoms with Gasteiger partial charge in [-0.3, -0.25) is 9.59 Å². The maximum absolute atomic E-state index is 12.3. The molecule has 1 atom stereocenters. The summed E-state index contributed by atoms with van der Waals surface area (Å²) in [5, 5.41) is 13.8. The fraction of sp³-hybridized carbons (Fsp3) is 0.636. The summed E-state index contributed by atoms with van der Waals surface area (Å²) in [6.07, 6.45) is 4.63. The molecule has 0 amide bonds. The lowest BCUT2D eigenvalue weighted by Gasteiger charge is -2.26. The lowest BCUT2D eigenvalue weighted by molar-refractivity contribution is -0.144. The van der Waals surface area contributed by atoms with Gasteiger partial charge in [0.2, 0.25) is 0 Å². The highest BCUT2D eigenvalue weighted by molar-refractivity contribution is 5.79. The van der Waals surface area contributed by atoms with E-state index in [1.807, 2.05) is 20.8 Å². The van der Waals surface area contributed by atoms with Gasteiger partial charge in [-0.05, 0) is 64.2 Å². The first-order chi connectivity index (χ1) is 13.2. The van der Waals surface area contributed by atoms with E-state index >= 15 is 0 Å². The summed E-state index contributed by atoms with van der Waals surface area (Å²) in [6.45, 7) is 6.43. The second-order valence-corrected chi connectivity index (χ2v) is 8.95. The van der Waals surface area contributed by atoms with Crippen LogP contribution in [0.1, 0.15) is 71.0 Å². The van der Waals surface area contributed by atoms with Crippen molar-refractivity contribution < 1.29 is 24.2 Å². The van der Waals surface area contributed by atoms with Crippen molar-refractivity contribution in [3.63, 3.8) is 0 Å². The molecule has 0 bridgehead atoms. The molecule has 2 aliphatic rings. The Balaban J connectivity index is 1.75. The second-order valence-electron chi connectivity index (χ2n) is 8.95. The Morgan fingerprint density at radius 2 is 1.57 bits per heavy atom. The van der Waals surface area contributed by atoms with Crippen LogP contribution in [0.3, 0.4) is 0 Å². The molecule has 154 valence electrons. The van der Waals surface area contributed by atoms with Crippen LogP contribution in [0.25, 0.3) is 0 Å². The number of hydrogen-bond acceptors (Lipinski definition) is 6. The number of esters is 2. The number of hydrogen-bond donors (Lipinski definition) is 2. The molecule has 0 radical (unpaired) electrons. The Labute approximate surface area is 166 Å². The van der Waals surface area contributed by atoms with Crippen molar-refractivity contribution in [2.75, 3.05) is 6.54 Å². The summed E-state index contributed by atoms with van der Waals surface area (Å²) < 4.78 is 11.1. The van der Waals surface area contributed by atoms with E-state index in [9.17, 15) is 14.7 Å². The van der Waals surface area contributed by atoms with E-state index in [4.69, 9.17) is 9.47 Å². The number of rotatable bonds is 7. The molecule has 1 aromatic carbocycles. The van der Waals surface area contributed by atoms with Crippen LogP contribution in [-0.4, -0.2) is 29.1 Å². The zero-order chi connectivity index (χ0) is 20.3. The fourth-order valence-electron chi connectivity index (χ4n) is 3.09. The van der Waals surface area contributed by atoms with Crippen LogP contribution in [0.2, 0.25) is 0 Å². The minimum Gasteiger partial charge on any atom is -0.422 e. The number of ether oxygens (including phenoxy) is 2. The van der Waals surface area contributed by atoms with Gasteiger partial charge in [-0.15, -0.1) is 0 Å². The van der Waals surface area contributed by atoms with Crippen LogP contribution >= 0.6 is 0 Å². The smallest absolute Gasteiger partial charge is 0.314 e. The molecule has 0 spiro atoms. The molecule has 0 heterocycles. The first kappa shape index (κ1) is 20.8. The van der Waals surface area contributed by atoms with E-state index in [-0.39, 0.29) is 40.8 Å². The Morgan fingerprint density at radius 1 is 1.04 bits per heavy atom. The molecule has 2 aliphatic carbocycles. The highest BCUT2D eigenvalue weighted by Gasteiger charge is 2.30. The summed E-state index contributed by atoms with van der Waals surface area (Å²) in [7, 11) is 0. The van der Waals surface area contributed by atoms with Crippen molar-refractivity contribution >= 4 is 11.9 Å². The van der Waals surface area contributed by atoms with Crippen LogP contribution in [0.4, 0.5) is 0 Å². The number of benzene rings is 1. The number of aliphatic hydroxyl groups excluding tert-OH is 1. The zero-order valence-corrected chi connectivity index (χ0v) is 17.0. The van der Waals surface area contributed by atoms with Gasteiger partial charge in [0.25, 0.3) is 0 Å². The Bertz CT molecular complexity index is 716. The number of carbonyl (C=O) groups excluding carboxylic acids is 2. The van der Waals surface area contributed by atoms with Crippen molar-refractivity contribution in [1.29, 1.82) is 0 Å². The molecule has 0 saturated heterocycles. The molecule has 2 fully saturated rings. The molecule has 6 nitrogen and oxygen atoms in total. The Morgan fingerprint density at radius 3 is 2.04 bits per heavy atom. The summed E-state index contributed by atoms with van der Waals surface area (Å²) in [6, 6.07) is 4.92. The Kier molecular flexibility index (Phi) is 6.40. The van der Waals surface area contributed by atoms with Gasteiger partial charge in [-0.2, -0.15) is 0 Å². The van der Waals surface area contributed by atoms with Gasteiger partial charge >= 0.3 is 11.9 Å². The van der Waals surface area contributed by atoms with Gasteiger partial charge in [0.1, 0.15) is 0 Å². The average Bonchev–Trinajstić information content (AvgIpc) is 2.50. The molecular weight excluding hydrogens is 358 g/mol. The maximum Gasteiger partial charge on any atom is 0.314 e. The summed E-state index contributed by atoms with van der Waals surface area (Å²) in [5.74, 6) is -0.300. The average molecular weight is 389 g/mol. The normalized spacial score (nSPS) is 18.7. The molecule has 6 heteroatoms.